The van der Waals surface area contributed by atoms with E-state index in [1.807, 2.05) is 44.2 Å². The highest BCUT2D eigenvalue weighted by molar-refractivity contribution is 5.90. The van der Waals surface area contributed by atoms with Crippen LogP contribution in [0, 0.1) is 6.92 Å². The Morgan fingerprint density at radius 2 is 2.04 bits per heavy atom. The maximum atomic E-state index is 12.1. The van der Waals surface area contributed by atoms with Crippen molar-refractivity contribution >= 4 is 11.9 Å². The van der Waals surface area contributed by atoms with E-state index >= 15 is 0 Å². The lowest BCUT2D eigenvalue weighted by molar-refractivity contribution is -0.115. The summed E-state index contributed by atoms with van der Waals surface area (Å²) in [7, 11) is 1.79. The molecule has 0 aliphatic carbocycles. The van der Waals surface area contributed by atoms with Crippen LogP contribution >= 0.6 is 0 Å². The van der Waals surface area contributed by atoms with Gasteiger partial charge in [0.25, 0.3) is 5.89 Å². The number of rotatable bonds is 6. The summed E-state index contributed by atoms with van der Waals surface area (Å²) in [6, 6.07) is 9.26. The fourth-order valence-corrected chi connectivity index (χ4v) is 2.41. The van der Waals surface area contributed by atoms with Crippen molar-refractivity contribution in [3.63, 3.8) is 0 Å². The molecule has 0 bridgehead atoms. The van der Waals surface area contributed by atoms with Gasteiger partial charge in [0, 0.05) is 7.05 Å². The third-order valence-corrected chi connectivity index (χ3v) is 3.49. The molecule has 0 aliphatic heterocycles. The van der Waals surface area contributed by atoms with Gasteiger partial charge in [0.2, 0.25) is 5.91 Å². The van der Waals surface area contributed by atoms with Crippen molar-refractivity contribution in [3.05, 3.63) is 41.6 Å². The Bertz CT molecular complexity index is 867. The average Bonchev–Trinajstić information content (AvgIpc) is 3.15. The number of hydrogen-bond donors (Lipinski definition) is 1. The van der Waals surface area contributed by atoms with Gasteiger partial charge >= 0.3 is 6.01 Å². The van der Waals surface area contributed by atoms with Crippen molar-refractivity contribution in [2.75, 3.05) is 11.9 Å². The van der Waals surface area contributed by atoms with Gasteiger partial charge in [-0.05, 0) is 37.6 Å². The number of aryl methyl sites for hydroxylation is 2. The van der Waals surface area contributed by atoms with E-state index in [4.69, 9.17) is 9.15 Å². The smallest absolute Gasteiger partial charge is 0.322 e. The fraction of sp³-hybridized carbons (Fsp3) is 0.294. The molecule has 0 aliphatic rings. The molecule has 8 nitrogen and oxygen atoms in total. The molecule has 0 spiro atoms. The molecule has 0 saturated carbocycles. The van der Waals surface area contributed by atoms with Gasteiger partial charge in [0.15, 0.2) is 0 Å². The van der Waals surface area contributed by atoms with Crippen LogP contribution in [0.25, 0.3) is 11.6 Å². The van der Waals surface area contributed by atoms with Gasteiger partial charge in [0.1, 0.15) is 11.4 Å². The van der Waals surface area contributed by atoms with Crippen molar-refractivity contribution in [3.8, 4) is 17.3 Å². The maximum absolute atomic E-state index is 12.1. The SMILES string of the molecule is CCOc1ccc(CC(=O)Nc2nnc(-c3cc(C)nn3C)o2)cc1. The first-order valence-corrected chi connectivity index (χ1v) is 7.91. The molecule has 1 N–H and O–H groups in total. The first-order chi connectivity index (χ1) is 12.0. The predicted octanol–water partition coefficient (Wildman–Crippen LogP) is 2.36. The highest BCUT2D eigenvalue weighted by Gasteiger charge is 2.15. The van der Waals surface area contributed by atoms with Gasteiger partial charge in [-0.25, -0.2) is 0 Å². The van der Waals surface area contributed by atoms with E-state index in [2.05, 4.69) is 20.6 Å². The van der Waals surface area contributed by atoms with Crippen molar-refractivity contribution in [1.82, 2.24) is 20.0 Å². The minimum atomic E-state index is -0.236. The summed E-state index contributed by atoms with van der Waals surface area (Å²) in [6.45, 7) is 4.40. The van der Waals surface area contributed by atoms with E-state index in [1.54, 1.807) is 11.7 Å². The van der Waals surface area contributed by atoms with E-state index in [0.29, 0.717) is 18.2 Å². The second-order valence-electron chi connectivity index (χ2n) is 5.51. The van der Waals surface area contributed by atoms with E-state index in [-0.39, 0.29) is 18.3 Å². The number of nitrogens with zero attached hydrogens (tertiary/aromatic N) is 4. The second kappa shape index (κ2) is 7.16. The zero-order chi connectivity index (χ0) is 17.8. The molecule has 0 saturated heterocycles. The van der Waals surface area contributed by atoms with E-state index < -0.39 is 0 Å². The van der Waals surface area contributed by atoms with E-state index in [9.17, 15) is 4.79 Å². The fourth-order valence-electron chi connectivity index (χ4n) is 2.41. The van der Waals surface area contributed by atoms with Crippen LogP contribution in [0.3, 0.4) is 0 Å². The summed E-state index contributed by atoms with van der Waals surface area (Å²) in [4.78, 5) is 12.1. The zero-order valence-corrected chi connectivity index (χ0v) is 14.3. The molecular formula is C17H19N5O3. The lowest BCUT2D eigenvalue weighted by atomic mass is 10.1. The Balaban J connectivity index is 1.62. The van der Waals surface area contributed by atoms with Gasteiger partial charge in [0.05, 0.1) is 18.7 Å². The Morgan fingerprint density at radius 3 is 2.68 bits per heavy atom. The standard InChI is InChI=1S/C17H19N5O3/c1-4-24-13-7-5-12(6-8-13)10-15(23)18-17-20-19-16(25-17)14-9-11(2)21-22(14)3/h5-9H,4,10H2,1-3H3,(H,18,20,23). The van der Waals surface area contributed by atoms with Gasteiger partial charge in [-0.1, -0.05) is 17.2 Å². The molecule has 0 atom stereocenters. The predicted molar refractivity (Wildman–Crippen MR) is 91.2 cm³/mol. The van der Waals surface area contributed by atoms with Crippen molar-refractivity contribution < 1.29 is 13.9 Å². The van der Waals surface area contributed by atoms with Crippen molar-refractivity contribution in [2.45, 2.75) is 20.3 Å². The minimum absolute atomic E-state index is 0.0600. The first kappa shape index (κ1) is 16.7. The molecule has 2 heterocycles. The van der Waals surface area contributed by atoms with Gasteiger partial charge in [-0.2, -0.15) is 5.10 Å². The normalized spacial score (nSPS) is 10.7. The molecule has 3 rings (SSSR count). The summed E-state index contributed by atoms with van der Waals surface area (Å²) in [5.41, 5.74) is 2.40. The summed E-state index contributed by atoms with van der Waals surface area (Å²) < 4.78 is 12.5. The minimum Gasteiger partial charge on any atom is -0.494 e. The largest absolute Gasteiger partial charge is 0.494 e. The summed E-state index contributed by atoms with van der Waals surface area (Å²) >= 11 is 0. The summed E-state index contributed by atoms with van der Waals surface area (Å²) in [6.07, 6.45) is 0.203. The number of hydrogen-bond acceptors (Lipinski definition) is 6. The van der Waals surface area contributed by atoms with Gasteiger partial charge < -0.3 is 9.15 Å². The Hall–Kier alpha value is -3.16. The second-order valence-corrected chi connectivity index (χ2v) is 5.51. The van der Waals surface area contributed by atoms with Gasteiger partial charge in [-0.15, -0.1) is 5.10 Å². The average molecular weight is 341 g/mol. The lowest BCUT2D eigenvalue weighted by Crippen LogP contribution is -2.14. The molecule has 1 aromatic carbocycles. The van der Waals surface area contributed by atoms with E-state index in [1.165, 1.54) is 0 Å². The van der Waals surface area contributed by atoms with Crippen molar-refractivity contribution in [2.24, 2.45) is 7.05 Å². The third-order valence-electron chi connectivity index (χ3n) is 3.49. The molecule has 1 amide bonds. The highest BCUT2D eigenvalue weighted by atomic mass is 16.5. The van der Waals surface area contributed by atoms with E-state index in [0.717, 1.165) is 17.0 Å². The topological polar surface area (TPSA) is 95.1 Å². The summed E-state index contributed by atoms with van der Waals surface area (Å²) in [5.74, 6) is 0.847. The number of nitrogens with one attached hydrogen (secondary N) is 1. The lowest BCUT2D eigenvalue weighted by Gasteiger charge is -2.04. The van der Waals surface area contributed by atoms with Crippen LogP contribution in [0.15, 0.2) is 34.7 Å². The van der Waals surface area contributed by atoms with Crippen molar-refractivity contribution in [1.29, 1.82) is 0 Å². The Labute approximate surface area is 144 Å². The monoisotopic (exact) mass is 341 g/mol. The molecule has 130 valence electrons. The molecule has 25 heavy (non-hydrogen) atoms. The van der Waals surface area contributed by atoms with Crippen LogP contribution in [0.2, 0.25) is 0 Å². The molecule has 3 aromatic rings. The van der Waals surface area contributed by atoms with Crippen LogP contribution < -0.4 is 10.1 Å². The van der Waals surface area contributed by atoms with Crippen LogP contribution in [-0.2, 0) is 18.3 Å². The molecule has 8 heteroatoms. The summed E-state index contributed by atoms with van der Waals surface area (Å²) in [5, 5.41) is 14.6. The molecule has 0 unspecified atom stereocenters. The van der Waals surface area contributed by atoms with Crippen LogP contribution in [0.4, 0.5) is 6.01 Å². The first-order valence-electron chi connectivity index (χ1n) is 7.91. The van der Waals surface area contributed by atoms with Crippen LogP contribution in [0.5, 0.6) is 5.75 Å². The number of anilines is 1. The quantitative estimate of drug-likeness (QED) is 0.739. The Morgan fingerprint density at radius 1 is 1.28 bits per heavy atom. The maximum Gasteiger partial charge on any atom is 0.322 e. The molecule has 0 fully saturated rings. The number of carbonyl (C=O) groups excluding carboxylic acids is 1. The number of aromatic nitrogens is 4. The molecule has 0 radical (unpaired) electrons. The molecule has 2 aromatic heterocycles. The van der Waals surface area contributed by atoms with Crippen LogP contribution in [0.1, 0.15) is 18.2 Å². The Kier molecular flexibility index (Phi) is 4.78. The van der Waals surface area contributed by atoms with Crippen LogP contribution in [-0.4, -0.2) is 32.5 Å². The van der Waals surface area contributed by atoms with Gasteiger partial charge in [-0.3, -0.25) is 14.8 Å². The number of carbonyl (C=O) groups is 1. The third kappa shape index (κ3) is 4.03. The highest BCUT2D eigenvalue weighted by Crippen LogP contribution is 2.20. The molecular weight excluding hydrogens is 322 g/mol. The number of amides is 1. The number of benzene rings is 1. The number of ether oxygens (including phenoxy) is 1. The zero-order valence-electron chi connectivity index (χ0n) is 14.3.